The van der Waals surface area contributed by atoms with Crippen molar-refractivity contribution in [2.24, 2.45) is 0 Å². The third-order valence-corrected chi connectivity index (χ3v) is 4.92. The number of imidazole rings is 1. The predicted octanol–water partition coefficient (Wildman–Crippen LogP) is 2.42. The summed E-state index contributed by atoms with van der Waals surface area (Å²) in [7, 11) is 0. The molecule has 1 aliphatic heterocycles. The Balaban J connectivity index is 1.62. The summed E-state index contributed by atoms with van der Waals surface area (Å²) in [6, 6.07) is 4.04. The fourth-order valence-electron chi connectivity index (χ4n) is 3.48. The van der Waals surface area contributed by atoms with E-state index in [2.05, 4.69) is 20.6 Å². The number of alkyl halides is 3. The number of halogens is 3. The Labute approximate surface area is 142 Å². The molecule has 4 rings (SSSR count). The Kier molecular flexibility index (Phi) is 3.61. The second kappa shape index (κ2) is 5.59. The van der Waals surface area contributed by atoms with Gasteiger partial charge in [-0.1, -0.05) is 12.1 Å². The van der Waals surface area contributed by atoms with Crippen LogP contribution >= 0.6 is 0 Å². The molecule has 0 bridgehead atoms. The van der Waals surface area contributed by atoms with Crippen LogP contribution in [0.25, 0.3) is 0 Å². The van der Waals surface area contributed by atoms with E-state index in [1.807, 2.05) is 0 Å². The number of aromatic nitrogens is 2. The molecule has 2 aromatic rings. The first kappa shape index (κ1) is 16.1. The third kappa shape index (κ3) is 2.80. The number of H-pyrrole nitrogens is 1. The van der Waals surface area contributed by atoms with Crippen LogP contribution in [0.3, 0.4) is 0 Å². The molecule has 1 amide bonds. The van der Waals surface area contributed by atoms with Gasteiger partial charge in [0.25, 0.3) is 0 Å². The molecule has 1 unspecified atom stereocenters. The number of benzene rings is 1. The molecule has 0 radical (unpaired) electrons. The molecule has 1 aromatic heterocycles. The number of rotatable bonds is 3. The van der Waals surface area contributed by atoms with Gasteiger partial charge >= 0.3 is 6.18 Å². The summed E-state index contributed by atoms with van der Waals surface area (Å²) in [6.45, 7) is 0.423. The number of nitrogens with zero attached hydrogens (tertiary/aromatic N) is 1. The fraction of sp³-hybridized carbons (Fsp3) is 0.412. The van der Waals surface area contributed by atoms with E-state index < -0.39 is 23.2 Å². The highest BCUT2D eigenvalue weighted by Gasteiger charge is 2.49. The molecule has 2 aliphatic rings. The summed E-state index contributed by atoms with van der Waals surface area (Å²) in [5.74, 6) is -0.242. The van der Waals surface area contributed by atoms with Gasteiger partial charge < -0.3 is 15.6 Å². The molecule has 0 spiro atoms. The molecule has 1 atom stereocenters. The van der Waals surface area contributed by atoms with E-state index in [1.54, 1.807) is 18.5 Å². The lowest BCUT2D eigenvalue weighted by atomic mass is 9.87. The number of hydrogen-bond acceptors (Lipinski definition) is 3. The molecule has 0 saturated heterocycles. The third-order valence-electron chi connectivity index (χ3n) is 4.92. The smallest absolute Gasteiger partial charge is 0.347 e. The van der Waals surface area contributed by atoms with Crippen LogP contribution in [0.1, 0.15) is 41.3 Å². The lowest BCUT2D eigenvalue weighted by molar-refractivity contribution is -0.138. The van der Waals surface area contributed by atoms with Crippen LogP contribution in [0, 0.1) is 0 Å². The van der Waals surface area contributed by atoms with E-state index in [0.29, 0.717) is 17.9 Å². The number of nitrogens with one attached hydrogen (secondary N) is 3. The SMILES string of the molecule is O=C(NC1(c2ncc[nH]2)CC1)C1CNCc2c1cccc2C(F)(F)F. The minimum atomic E-state index is -4.43. The zero-order valence-electron chi connectivity index (χ0n) is 13.3. The summed E-state index contributed by atoms with van der Waals surface area (Å²) in [5, 5.41) is 5.93. The molecule has 1 aliphatic carbocycles. The molecule has 2 heterocycles. The van der Waals surface area contributed by atoms with Crippen LogP contribution in [0.4, 0.5) is 13.2 Å². The minimum Gasteiger partial charge on any atom is -0.347 e. The van der Waals surface area contributed by atoms with E-state index in [0.717, 1.165) is 18.9 Å². The fourth-order valence-corrected chi connectivity index (χ4v) is 3.48. The molecule has 25 heavy (non-hydrogen) atoms. The van der Waals surface area contributed by atoms with Gasteiger partial charge in [-0.25, -0.2) is 4.98 Å². The van der Waals surface area contributed by atoms with Gasteiger partial charge in [-0.2, -0.15) is 13.2 Å². The van der Waals surface area contributed by atoms with Crippen molar-refractivity contribution in [1.29, 1.82) is 0 Å². The van der Waals surface area contributed by atoms with Crippen molar-refractivity contribution in [3.63, 3.8) is 0 Å². The molecule has 3 N–H and O–H groups in total. The van der Waals surface area contributed by atoms with Crippen LogP contribution in [-0.4, -0.2) is 22.4 Å². The standard InChI is InChI=1S/C17H17F3N4O/c18-17(19,20)13-3-1-2-10-11(13)8-21-9-12(10)14(25)24-16(4-5-16)15-22-6-7-23-15/h1-3,6-7,12,21H,4-5,8-9H2,(H,22,23)(H,24,25). The van der Waals surface area contributed by atoms with E-state index in [-0.39, 0.29) is 18.0 Å². The van der Waals surface area contributed by atoms with Crippen molar-refractivity contribution in [2.75, 3.05) is 6.54 Å². The van der Waals surface area contributed by atoms with Gasteiger partial charge in [-0.05, 0) is 30.0 Å². The summed E-state index contributed by atoms with van der Waals surface area (Å²) in [5.41, 5.74) is -0.590. The Morgan fingerprint density at radius 1 is 1.32 bits per heavy atom. The lowest BCUT2D eigenvalue weighted by Crippen LogP contribution is -2.44. The van der Waals surface area contributed by atoms with Gasteiger partial charge in [0.15, 0.2) is 0 Å². The molecule has 8 heteroatoms. The summed E-state index contributed by atoms with van der Waals surface area (Å²) >= 11 is 0. The number of fused-ring (bicyclic) bond motifs is 1. The molecule has 1 fully saturated rings. The predicted molar refractivity (Wildman–Crippen MR) is 83.5 cm³/mol. The first-order valence-corrected chi connectivity index (χ1v) is 8.12. The van der Waals surface area contributed by atoms with Crippen molar-refractivity contribution in [2.45, 2.75) is 37.0 Å². The summed E-state index contributed by atoms with van der Waals surface area (Å²) in [4.78, 5) is 20.0. The average Bonchev–Trinajstić information content (AvgIpc) is 3.14. The number of amides is 1. The van der Waals surface area contributed by atoms with Gasteiger partial charge in [-0.3, -0.25) is 4.79 Å². The molecule has 132 valence electrons. The molecular weight excluding hydrogens is 333 g/mol. The first-order valence-electron chi connectivity index (χ1n) is 8.12. The zero-order chi connectivity index (χ0) is 17.7. The Bertz CT molecular complexity index is 797. The molecule has 5 nitrogen and oxygen atoms in total. The van der Waals surface area contributed by atoms with Gasteiger partial charge in [0.2, 0.25) is 5.91 Å². The van der Waals surface area contributed by atoms with E-state index in [4.69, 9.17) is 0 Å². The van der Waals surface area contributed by atoms with Gasteiger partial charge in [0, 0.05) is 25.5 Å². The number of aromatic amines is 1. The van der Waals surface area contributed by atoms with Crippen molar-refractivity contribution in [3.8, 4) is 0 Å². The quantitative estimate of drug-likeness (QED) is 0.796. The highest BCUT2D eigenvalue weighted by molar-refractivity contribution is 5.86. The van der Waals surface area contributed by atoms with Crippen molar-refractivity contribution >= 4 is 5.91 Å². The van der Waals surface area contributed by atoms with Crippen LogP contribution in [0.5, 0.6) is 0 Å². The minimum absolute atomic E-state index is 0.109. The maximum atomic E-state index is 13.2. The maximum Gasteiger partial charge on any atom is 0.416 e. The number of carbonyl (C=O) groups excluding carboxylic acids is 1. The average molecular weight is 350 g/mol. The van der Waals surface area contributed by atoms with Crippen molar-refractivity contribution in [3.05, 3.63) is 53.1 Å². The van der Waals surface area contributed by atoms with E-state index in [9.17, 15) is 18.0 Å². The topological polar surface area (TPSA) is 69.8 Å². The van der Waals surface area contributed by atoms with Crippen LogP contribution in [-0.2, 0) is 23.1 Å². The second-order valence-electron chi connectivity index (χ2n) is 6.56. The molecule has 1 aromatic carbocycles. The van der Waals surface area contributed by atoms with Crippen molar-refractivity contribution in [1.82, 2.24) is 20.6 Å². The van der Waals surface area contributed by atoms with Gasteiger partial charge in [0.05, 0.1) is 17.0 Å². The Hall–Kier alpha value is -2.35. The highest BCUT2D eigenvalue weighted by Crippen LogP contribution is 2.44. The van der Waals surface area contributed by atoms with Gasteiger partial charge in [0.1, 0.15) is 5.82 Å². The Morgan fingerprint density at radius 3 is 2.76 bits per heavy atom. The summed E-state index contributed by atoms with van der Waals surface area (Å²) in [6.07, 6.45) is 0.407. The monoisotopic (exact) mass is 350 g/mol. The maximum absolute atomic E-state index is 13.2. The van der Waals surface area contributed by atoms with E-state index >= 15 is 0 Å². The Morgan fingerprint density at radius 2 is 2.12 bits per heavy atom. The largest absolute Gasteiger partial charge is 0.416 e. The van der Waals surface area contributed by atoms with Crippen molar-refractivity contribution < 1.29 is 18.0 Å². The number of hydrogen-bond donors (Lipinski definition) is 3. The van der Waals surface area contributed by atoms with Crippen LogP contribution in [0.15, 0.2) is 30.6 Å². The zero-order valence-corrected chi connectivity index (χ0v) is 13.3. The highest BCUT2D eigenvalue weighted by atomic mass is 19.4. The van der Waals surface area contributed by atoms with E-state index in [1.165, 1.54) is 6.07 Å². The molecule has 1 saturated carbocycles. The van der Waals surface area contributed by atoms with Gasteiger partial charge in [-0.15, -0.1) is 0 Å². The molecular formula is C17H17F3N4O. The second-order valence-corrected chi connectivity index (χ2v) is 6.56. The normalized spacial score (nSPS) is 21.5. The summed E-state index contributed by atoms with van der Waals surface area (Å²) < 4.78 is 39.7. The number of carbonyl (C=O) groups is 1. The lowest BCUT2D eigenvalue weighted by Gasteiger charge is -2.29. The van der Waals surface area contributed by atoms with Crippen LogP contribution < -0.4 is 10.6 Å². The first-order chi connectivity index (χ1) is 11.9. The van der Waals surface area contributed by atoms with Crippen LogP contribution in [0.2, 0.25) is 0 Å².